The van der Waals surface area contributed by atoms with E-state index in [2.05, 4.69) is 10.2 Å². The van der Waals surface area contributed by atoms with Gasteiger partial charge in [0.2, 0.25) is 0 Å². The highest BCUT2D eigenvalue weighted by molar-refractivity contribution is 6.42. The monoisotopic (exact) mass is 330 g/mol. The van der Waals surface area contributed by atoms with Crippen molar-refractivity contribution in [3.8, 4) is 0 Å². The Labute approximate surface area is 137 Å². The zero-order chi connectivity index (χ0) is 15.1. The van der Waals surface area contributed by atoms with Crippen molar-refractivity contribution in [1.29, 1.82) is 0 Å². The van der Waals surface area contributed by atoms with Crippen LogP contribution in [0.25, 0.3) is 0 Å². The minimum absolute atomic E-state index is 0.624. The molecule has 1 unspecified atom stereocenters. The Morgan fingerprint density at radius 3 is 3.05 bits per heavy atom. The Morgan fingerprint density at radius 2 is 2.24 bits per heavy atom. The highest BCUT2D eigenvalue weighted by atomic mass is 35.5. The van der Waals surface area contributed by atoms with Crippen LogP contribution < -0.4 is 5.32 Å². The van der Waals surface area contributed by atoms with Crippen LogP contribution in [0.3, 0.4) is 0 Å². The molecule has 0 aliphatic carbocycles. The maximum absolute atomic E-state index is 6.20. The summed E-state index contributed by atoms with van der Waals surface area (Å²) < 4.78 is 5.16. The average molecular weight is 331 g/mol. The van der Waals surface area contributed by atoms with Crippen LogP contribution in [0.5, 0.6) is 0 Å². The summed E-state index contributed by atoms with van der Waals surface area (Å²) >= 11 is 12.2. The van der Waals surface area contributed by atoms with Crippen molar-refractivity contribution in [2.45, 2.75) is 19.4 Å². The van der Waals surface area contributed by atoms with Crippen LogP contribution in [0.1, 0.15) is 18.4 Å². The second-order valence-electron chi connectivity index (χ2n) is 5.65. The van der Waals surface area contributed by atoms with E-state index in [0.29, 0.717) is 16.0 Å². The largest absolute Gasteiger partial charge is 0.383 e. The number of hydrogen-bond acceptors (Lipinski definition) is 3. The van der Waals surface area contributed by atoms with Gasteiger partial charge in [-0.05, 0) is 43.5 Å². The van der Waals surface area contributed by atoms with Gasteiger partial charge < -0.3 is 15.0 Å². The first-order chi connectivity index (χ1) is 10.2. The standard InChI is InChI=1S/C16H24Cl2N2O/c1-21-9-8-20-7-3-4-13(12-20)10-19-11-14-5-2-6-15(17)16(14)18/h2,5-6,13,19H,3-4,7-12H2,1H3. The lowest BCUT2D eigenvalue weighted by Crippen LogP contribution is -2.40. The fourth-order valence-corrected chi connectivity index (χ4v) is 3.22. The molecule has 0 spiro atoms. The summed E-state index contributed by atoms with van der Waals surface area (Å²) in [5, 5.41) is 4.80. The lowest BCUT2D eigenvalue weighted by Gasteiger charge is -2.32. The van der Waals surface area contributed by atoms with E-state index in [1.165, 1.54) is 19.4 Å². The van der Waals surface area contributed by atoms with Crippen molar-refractivity contribution in [3.05, 3.63) is 33.8 Å². The first kappa shape index (κ1) is 17.0. The molecule has 1 aromatic carbocycles. The van der Waals surface area contributed by atoms with Gasteiger partial charge >= 0.3 is 0 Å². The summed E-state index contributed by atoms with van der Waals surface area (Å²) in [5.41, 5.74) is 1.07. The van der Waals surface area contributed by atoms with Gasteiger partial charge in [0.25, 0.3) is 0 Å². The van der Waals surface area contributed by atoms with Crippen molar-refractivity contribution in [3.63, 3.8) is 0 Å². The first-order valence-electron chi connectivity index (χ1n) is 7.55. The fraction of sp³-hybridized carbons (Fsp3) is 0.625. The molecule has 1 aliphatic heterocycles. The van der Waals surface area contributed by atoms with Crippen molar-refractivity contribution >= 4 is 23.2 Å². The van der Waals surface area contributed by atoms with Crippen LogP contribution >= 0.6 is 23.2 Å². The van der Waals surface area contributed by atoms with E-state index in [-0.39, 0.29) is 0 Å². The molecule has 1 N–H and O–H groups in total. The Bertz CT molecular complexity index is 442. The summed E-state index contributed by atoms with van der Waals surface area (Å²) in [6.45, 7) is 5.99. The van der Waals surface area contributed by atoms with Crippen LogP contribution in [0, 0.1) is 5.92 Å². The van der Waals surface area contributed by atoms with Gasteiger partial charge in [-0.3, -0.25) is 0 Å². The van der Waals surface area contributed by atoms with E-state index in [9.17, 15) is 0 Å². The molecule has 3 nitrogen and oxygen atoms in total. The van der Waals surface area contributed by atoms with E-state index in [1.807, 2.05) is 18.2 Å². The third-order valence-corrected chi connectivity index (χ3v) is 4.85. The number of methoxy groups -OCH3 is 1. The van der Waals surface area contributed by atoms with E-state index >= 15 is 0 Å². The van der Waals surface area contributed by atoms with Gasteiger partial charge in [0.1, 0.15) is 0 Å². The second-order valence-corrected chi connectivity index (χ2v) is 6.43. The number of halogens is 2. The van der Waals surface area contributed by atoms with Crippen molar-refractivity contribution in [2.24, 2.45) is 5.92 Å². The van der Waals surface area contributed by atoms with Gasteiger partial charge in [-0.25, -0.2) is 0 Å². The molecule has 1 heterocycles. The quantitative estimate of drug-likeness (QED) is 0.828. The zero-order valence-electron chi connectivity index (χ0n) is 12.6. The van der Waals surface area contributed by atoms with E-state index < -0.39 is 0 Å². The van der Waals surface area contributed by atoms with Gasteiger partial charge in [0.05, 0.1) is 16.7 Å². The highest BCUT2D eigenvalue weighted by Crippen LogP contribution is 2.25. The van der Waals surface area contributed by atoms with Gasteiger partial charge in [-0.15, -0.1) is 0 Å². The Kier molecular flexibility index (Phi) is 7.27. The third kappa shape index (κ3) is 5.42. The smallest absolute Gasteiger partial charge is 0.0637 e. The summed E-state index contributed by atoms with van der Waals surface area (Å²) in [5.74, 6) is 0.702. The number of likely N-dealkylation sites (tertiary alicyclic amines) is 1. The van der Waals surface area contributed by atoms with E-state index in [4.69, 9.17) is 27.9 Å². The second kappa shape index (κ2) is 8.96. The van der Waals surface area contributed by atoms with Crippen molar-refractivity contribution in [1.82, 2.24) is 10.2 Å². The number of ether oxygens (including phenoxy) is 1. The van der Waals surface area contributed by atoms with Crippen molar-refractivity contribution < 1.29 is 4.74 Å². The van der Waals surface area contributed by atoms with Gasteiger partial charge in [0, 0.05) is 26.7 Å². The van der Waals surface area contributed by atoms with Crippen LogP contribution in [0.4, 0.5) is 0 Å². The highest BCUT2D eigenvalue weighted by Gasteiger charge is 2.19. The number of nitrogens with one attached hydrogen (secondary N) is 1. The molecule has 1 aromatic rings. The first-order valence-corrected chi connectivity index (χ1v) is 8.31. The van der Waals surface area contributed by atoms with Gasteiger partial charge in [0.15, 0.2) is 0 Å². The van der Waals surface area contributed by atoms with Gasteiger partial charge in [-0.1, -0.05) is 35.3 Å². The summed E-state index contributed by atoms with van der Waals surface area (Å²) in [4.78, 5) is 2.49. The molecule has 1 fully saturated rings. The van der Waals surface area contributed by atoms with Crippen LogP contribution in [0.15, 0.2) is 18.2 Å². The minimum Gasteiger partial charge on any atom is -0.383 e. The molecule has 0 saturated carbocycles. The predicted octanol–water partition coefficient (Wildman–Crippen LogP) is 3.44. The molecule has 5 heteroatoms. The number of nitrogens with zero attached hydrogens (tertiary/aromatic N) is 1. The van der Waals surface area contributed by atoms with Crippen LogP contribution in [-0.4, -0.2) is 44.8 Å². The number of piperidine rings is 1. The van der Waals surface area contributed by atoms with Crippen LogP contribution in [-0.2, 0) is 11.3 Å². The molecule has 0 aromatic heterocycles. The summed E-state index contributed by atoms with van der Waals surface area (Å²) in [6.07, 6.45) is 2.56. The molecule has 1 atom stereocenters. The third-order valence-electron chi connectivity index (χ3n) is 3.99. The van der Waals surface area contributed by atoms with E-state index in [1.54, 1.807) is 7.11 Å². The molecular weight excluding hydrogens is 307 g/mol. The van der Waals surface area contributed by atoms with Gasteiger partial charge in [-0.2, -0.15) is 0 Å². The molecule has 0 radical (unpaired) electrons. The molecule has 0 amide bonds. The minimum atomic E-state index is 0.624. The molecule has 0 bridgehead atoms. The van der Waals surface area contributed by atoms with Crippen molar-refractivity contribution in [2.75, 3.05) is 39.9 Å². The molecule has 2 rings (SSSR count). The molecule has 21 heavy (non-hydrogen) atoms. The Hall–Kier alpha value is -0.320. The predicted molar refractivity (Wildman–Crippen MR) is 89.2 cm³/mol. The Morgan fingerprint density at radius 1 is 1.38 bits per heavy atom. The molecule has 118 valence electrons. The maximum Gasteiger partial charge on any atom is 0.0637 e. The normalized spacial score (nSPS) is 19.9. The summed E-state index contributed by atoms with van der Waals surface area (Å²) in [7, 11) is 1.76. The fourth-order valence-electron chi connectivity index (χ4n) is 2.84. The topological polar surface area (TPSA) is 24.5 Å². The van der Waals surface area contributed by atoms with E-state index in [0.717, 1.165) is 38.3 Å². The summed E-state index contributed by atoms with van der Waals surface area (Å²) in [6, 6.07) is 5.79. The molecule has 1 saturated heterocycles. The number of benzene rings is 1. The number of rotatable bonds is 7. The average Bonchev–Trinajstić information content (AvgIpc) is 2.50. The van der Waals surface area contributed by atoms with Crippen LogP contribution in [0.2, 0.25) is 10.0 Å². The Balaban J connectivity index is 1.74. The molecular formula is C16H24Cl2N2O. The lowest BCUT2D eigenvalue weighted by molar-refractivity contribution is 0.114. The maximum atomic E-state index is 6.20. The number of hydrogen-bond donors (Lipinski definition) is 1. The lowest BCUT2D eigenvalue weighted by atomic mass is 9.98. The zero-order valence-corrected chi connectivity index (χ0v) is 14.1. The SMILES string of the molecule is COCCN1CCCC(CNCc2cccc(Cl)c2Cl)C1. The molecule has 1 aliphatic rings.